The molecule has 0 radical (unpaired) electrons. The van der Waals surface area contributed by atoms with E-state index in [1.54, 1.807) is 25.6 Å². The molecule has 1 amide bonds. The van der Waals surface area contributed by atoms with E-state index in [2.05, 4.69) is 20.2 Å². The first-order valence-corrected chi connectivity index (χ1v) is 9.55. The molecule has 0 saturated carbocycles. The van der Waals surface area contributed by atoms with E-state index < -0.39 is 0 Å². The average molecular weight is 389 g/mol. The lowest BCUT2D eigenvalue weighted by Gasteiger charge is -2.35. The van der Waals surface area contributed by atoms with Gasteiger partial charge in [-0.25, -0.2) is 4.98 Å². The predicted molar refractivity (Wildman–Crippen MR) is 113 cm³/mol. The van der Waals surface area contributed by atoms with E-state index in [-0.39, 0.29) is 5.91 Å². The average Bonchev–Trinajstić information content (AvgIpc) is 2.80. The second kappa shape index (κ2) is 8.60. The molecule has 1 aliphatic heterocycles. The van der Waals surface area contributed by atoms with E-state index in [1.807, 2.05) is 53.4 Å². The number of rotatable bonds is 5. The molecule has 3 heterocycles. The maximum Gasteiger partial charge on any atom is 0.272 e. The number of benzene rings is 1. The standard InChI is InChI=1S/C22H23N5O2/c1-29-19-7-5-17(6-8-19)25-18-9-11-23-20(16-18)22(28)27-14-12-26(13-15-27)21-4-2-3-10-24-21/h2-11,16H,12-15H2,1H3,(H,23,25). The second-order valence-corrected chi connectivity index (χ2v) is 6.75. The Morgan fingerprint density at radius 2 is 1.72 bits per heavy atom. The maximum absolute atomic E-state index is 12.9. The van der Waals surface area contributed by atoms with Crippen LogP contribution in [0.2, 0.25) is 0 Å². The monoisotopic (exact) mass is 389 g/mol. The fourth-order valence-corrected chi connectivity index (χ4v) is 3.31. The molecule has 29 heavy (non-hydrogen) atoms. The molecule has 1 fully saturated rings. The van der Waals surface area contributed by atoms with Gasteiger partial charge in [-0.05, 0) is 48.5 Å². The molecule has 0 atom stereocenters. The normalized spacial score (nSPS) is 13.8. The summed E-state index contributed by atoms with van der Waals surface area (Å²) in [5, 5.41) is 3.30. The van der Waals surface area contributed by atoms with Gasteiger partial charge in [0.2, 0.25) is 0 Å². The zero-order valence-corrected chi connectivity index (χ0v) is 16.3. The lowest BCUT2D eigenvalue weighted by molar-refractivity contribution is 0.0740. The number of hydrogen-bond donors (Lipinski definition) is 1. The SMILES string of the molecule is COc1ccc(Nc2ccnc(C(=O)N3CCN(c4ccccn4)CC3)c2)cc1. The van der Waals surface area contributed by atoms with Crippen molar-refractivity contribution in [1.82, 2.24) is 14.9 Å². The van der Waals surface area contributed by atoms with Crippen molar-refractivity contribution in [2.75, 3.05) is 43.5 Å². The summed E-state index contributed by atoms with van der Waals surface area (Å²) < 4.78 is 5.18. The highest BCUT2D eigenvalue weighted by molar-refractivity contribution is 5.93. The van der Waals surface area contributed by atoms with E-state index in [4.69, 9.17) is 4.74 Å². The topological polar surface area (TPSA) is 70.6 Å². The molecule has 148 valence electrons. The number of nitrogens with one attached hydrogen (secondary N) is 1. The van der Waals surface area contributed by atoms with Gasteiger partial charge in [-0.3, -0.25) is 9.78 Å². The van der Waals surface area contributed by atoms with Gasteiger partial charge in [0, 0.05) is 49.9 Å². The quantitative estimate of drug-likeness (QED) is 0.723. The Balaban J connectivity index is 1.39. The molecule has 1 N–H and O–H groups in total. The number of anilines is 3. The van der Waals surface area contributed by atoms with Gasteiger partial charge in [0.25, 0.3) is 5.91 Å². The highest BCUT2D eigenvalue weighted by Crippen LogP contribution is 2.21. The Morgan fingerprint density at radius 1 is 0.931 bits per heavy atom. The van der Waals surface area contributed by atoms with Crippen molar-refractivity contribution < 1.29 is 9.53 Å². The van der Waals surface area contributed by atoms with Crippen LogP contribution in [0.1, 0.15) is 10.5 Å². The van der Waals surface area contributed by atoms with Crippen molar-refractivity contribution in [1.29, 1.82) is 0 Å². The molecule has 4 rings (SSSR count). The van der Waals surface area contributed by atoms with Crippen LogP contribution in [0.25, 0.3) is 0 Å². The molecular weight excluding hydrogens is 366 g/mol. The summed E-state index contributed by atoms with van der Waals surface area (Å²) in [6, 6.07) is 17.1. The van der Waals surface area contributed by atoms with Gasteiger partial charge < -0.3 is 19.9 Å². The number of aromatic nitrogens is 2. The molecule has 0 unspecified atom stereocenters. The summed E-state index contributed by atoms with van der Waals surface area (Å²) in [6.45, 7) is 2.81. The Morgan fingerprint density at radius 3 is 2.41 bits per heavy atom. The minimum absolute atomic E-state index is 0.0518. The summed E-state index contributed by atoms with van der Waals surface area (Å²) in [4.78, 5) is 25.6. The molecule has 0 aliphatic carbocycles. The van der Waals surface area contributed by atoms with Gasteiger partial charge in [-0.2, -0.15) is 0 Å². The number of ether oxygens (including phenoxy) is 1. The second-order valence-electron chi connectivity index (χ2n) is 6.75. The summed E-state index contributed by atoms with van der Waals surface area (Å²) in [5.74, 6) is 1.69. The molecule has 1 aromatic carbocycles. The number of methoxy groups -OCH3 is 1. The molecule has 1 aliphatic rings. The van der Waals surface area contributed by atoms with Gasteiger partial charge in [-0.1, -0.05) is 6.07 Å². The first-order valence-electron chi connectivity index (χ1n) is 9.55. The Bertz CT molecular complexity index is 954. The van der Waals surface area contributed by atoms with Crippen molar-refractivity contribution in [3.63, 3.8) is 0 Å². The van der Waals surface area contributed by atoms with Crippen LogP contribution >= 0.6 is 0 Å². The van der Waals surface area contributed by atoms with Crippen molar-refractivity contribution in [3.05, 3.63) is 72.7 Å². The van der Waals surface area contributed by atoms with Gasteiger partial charge in [0.05, 0.1) is 7.11 Å². The van der Waals surface area contributed by atoms with Crippen molar-refractivity contribution in [3.8, 4) is 5.75 Å². The zero-order valence-electron chi connectivity index (χ0n) is 16.3. The molecule has 7 nitrogen and oxygen atoms in total. The molecule has 7 heteroatoms. The maximum atomic E-state index is 12.9. The van der Waals surface area contributed by atoms with Gasteiger partial charge in [0.1, 0.15) is 17.3 Å². The number of hydrogen-bond acceptors (Lipinski definition) is 6. The minimum atomic E-state index is -0.0518. The third kappa shape index (κ3) is 4.45. The van der Waals surface area contributed by atoms with E-state index in [0.29, 0.717) is 18.8 Å². The molecule has 2 aromatic heterocycles. The zero-order chi connectivity index (χ0) is 20.1. The first-order chi connectivity index (χ1) is 14.2. The fourth-order valence-electron chi connectivity index (χ4n) is 3.31. The van der Waals surface area contributed by atoms with Crippen LogP contribution in [0.15, 0.2) is 67.0 Å². The Hall–Kier alpha value is -3.61. The number of carbonyl (C=O) groups excluding carboxylic acids is 1. The number of amides is 1. The van der Waals surface area contributed by atoms with Gasteiger partial charge in [0.15, 0.2) is 0 Å². The van der Waals surface area contributed by atoms with Crippen LogP contribution in [-0.2, 0) is 0 Å². The Kier molecular flexibility index (Phi) is 5.56. The van der Waals surface area contributed by atoms with Crippen molar-refractivity contribution >= 4 is 23.1 Å². The smallest absolute Gasteiger partial charge is 0.272 e. The molecule has 0 bridgehead atoms. The number of piperazine rings is 1. The van der Waals surface area contributed by atoms with E-state index >= 15 is 0 Å². The van der Waals surface area contributed by atoms with E-state index in [1.165, 1.54) is 0 Å². The van der Waals surface area contributed by atoms with E-state index in [0.717, 1.165) is 36.0 Å². The van der Waals surface area contributed by atoms with Crippen LogP contribution in [0, 0.1) is 0 Å². The van der Waals surface area contributed by atoms with Gasteiger partial charge >= 0.3 is 0 Å². The number of nitrogens with zero attached hydrogens (tertiary/aromatic N) is 4. The summed E-state index contributed by atoms with van der Waals surface area (Å²) >= 11 is 0. The summed E-state index contributed by atoms with van der Waals surface area (Å²) in [7, 11) is 1.64. The minimum Gasteiger partial charge on any atom is -0.497 e. The molecule has 1 saturated heterocycles. The molecule has 0 spiro atoms. The lowest BCUT2D eigenvalue weighted by Crippen LogP contribution is -2.49. The van der Waals surface area contributed by atoms with Crippen molar-refractivity contribution in [2.45, 2.75) is 0 Å². The third-order valence-corrected chi connectivity index (χ3v) is 4.90. The molecular formula is C22H23N5O2. The van der Waals surface area contributed by atoms with Crippen LogP contribution in [0.3, 0.4) is 0 Å². The first kappa shape index (κ1) is 18.7. The lowest BCUT2D eigenvalue weighted by atomic mass is 10.2. The largest absolute Gasteiger partial charge is 0.497 e. The predicted octanol–water partition coefficient (Wildman–Crippen LogP) is 3.19. The van der Waals surface area contributed by atoms with Crippen LogP contribution < -0.4 is 15.0 Å². The highest BCUT2D eigenvalue weighted by Gasteiger charge is 2.23. The third-order valence-electron chi connectivity index (χ3n) is 4.90. The fraction of sp³-hybridized carbons (Fsp3) is 0.227. The number of carbonyl (C=O) groups is 1. The van der Waals surface area contributed by atoms with Crippen LogP contribution in [0.4, 0.5) is 17.2 Å². The van der Waals surface area contributed by atoms with Crippen LogP contribution in [-0.4, -0.2) is 54.1 Å². The highest BCUT2D eigenvalue weighted by atomic mass is 16.5. The van der Waals surface area contributed by atoms with Crippen molar-refractivity contribution in [2.24, 2.45) is 0 Å². The molecule has 3 aromatic rings. The number of pyridine rings is 2. The van der Waals surface area contributed by atoms with Crippen LogP contribution in [0.5, 0.6) is 5.75 Å². The summed E-state index contributed by atoms with van der Waals surface area (Å²) in [6.07, 6.45) is 3.45. The summed E-state index contributed by atoms with van der Waals surface area (Å²) in [5.41, 5.74) is 2.18. The van der Waals surface area contributed by atoms with Gasteiger partial charge in [-0.15, -0.1) is 0 Å². The Labute approximate surface area is 170 Å². The van der Waals surface area contributed by atoms with E-state index in [9.17, 15) is 4.79 Å².